The van der Waals surface area contributed by atoms with E-state index >= 15 is 0 Å². The van der Waals surface area contributed by atoms with Crippen LogP contribution in [0.25, 0.3) is 0 Å². The molecule has 0 radical (unpaired) electrons. The number of carbonyl (C=O) groups is 1. The molecule has 3 heterocycles. The van der Waals surface area contributed by atoms with Crippen LogP contribution in [0.2, 0.25) is 0 Å². The number of carbonyl (C=O) groups excluding carboxylic acids is 1. The van der Waals surface area contributed by atoms with Crippen molar-refractivity contribution in [3.8, 4) is 0 Å². The van der Waals surface area contributed by atoms with E-state index in [0.29, 0.717) is 12.5 Å². The van der Waals surface area contributed by atoms with Crippen LogP contribution >= 0.6 is 11.3 Å². The first-order valence-corrected chi connectivity index (χ1v) is 9.41. The van der Waals surface area contributed by atoms with E-state index in [4.69, 9.17) is 0 Å². The van der Waals surface area contributed by atoms with Crippen LogP contribution in [0, 0.1) is 0 Å². The van der Waals surface area contributed by atoms with E-state index in [9.17, 15) is 4.79 Å². The van der Waals surface area contributed by atoms with Crippen LogP contribution in [-0.2, 0) is 11.2 Å². The highest BCUT2D eigenvalue weighted by atomic mass is 32.1. The summed E-state index contributed by atoms with van der Waals surface area (Å²) in [7, 11) is 0. The number of para-hydroxylation sites is 1. The highest BCUT2D eigenvalue weighted by Crippen LogP contribution is 2.33. The molecule has 1 fully saturated rings. The number of likely N-dealkylation sites (tertiary alicyclic amines) is 1. The molecule has 2 aliphatic rings. The first-order chi connectivity index (χ1) is 11.3. The first-order valence-electron chi connectivity index (χ1n) is 8.47. The van der Waals surface area contributed by atoms with Crippen molar-refractivity contribution < 1.29 is 4.79 Å². The van der Waals surface area contributed by atoms with Gasteiger partial charge in [0.05, 0.1) is 0 Å². The zero-order chi connectivity index (χ0) is 15.6. The molecule has 0 bridgehead atoms. The van der Waals surface area contributed by atoms with Gasteiger partial charge in [-0.1, -0.05) is 18.2 Å². The molecule has 3 nitrogen and oxygen atoms in total. The topological polar surface area (TPSA) is 23.6 Å². The number of anilines is 1. The number of thiophene rings is 1. The van der Waals surface area contributed by atoms with Crippen molar-refractivity contribution >= 4 is 22.9 Å². The van der Waals surface area contributed by atoms with Crippen LogP contribution in [0.4, 0.5) is 5.69 Å². The molecule has 0 saturated carbocycles. The maximum absolute atomic E-state index is 12.7. The molecule has 1 atom stereocenters. The van der Waals surface area contributed by atoms with Crippen LogP contribution in [0.3, 0.4) is 0 Å². The van der Waals surface area contributed by atoms with Crippen LogP contribution in [-0.4, -0.2) is 30.4 Å². The smallest absolute Gasteiger partial charge is 0.228 e. The van der Waals surface area contributed by atoms with Crippen LogP contribution in [0.5, 0.6) is 0 Å². The summed E-state index contributed by atoms with van der Waals surface area (Å²) in [6, 6.07) is 11.0. The number of benzene rings is 1. The Morgan fingerprint density at radius 1 is 1.22 bits per heavy atom. The molecule has 23 heavy (non-hydrogen) atoms. The molecular weight excluding hydrogens is 304 g/mol. The van der Waals surface area contributed by atoms with Gasteiger partial charge in [-0.3, -0.25) is 9.69 Å². The molecule has 2 aromatic rings. The molecule has 4 rings (SSSR count). The van der Waals surface area contributed by atoms with Gasteiger partial charge in [0.25, 0.3) is 0 Å². The molecule has 1 amide bonds. The molecule has 120 valence electrons. The van der Waals surface area contributed by atoms with Gasteiger partial charge in [-0.25, -0.2) is 0 Å². The van der Waals surface area contributed by atoms with Crippen LogP contribution in [0.1, 0.15) is 36.4 Å². The van der Waals surface area contributed by atoms with Crippen molar-refractivity contribution in [1.82, 2.24) is 4.90 Å². The standard InChI is InChI=1S/C19H22N2OS/c22-19(21-12-7-15-4-1-2-5-18(15)21)8-11-20-10-3-6-17(20)16-9-13-23-14-16/h1-2,4-5,9,13-14,17H,3,6-8,10-12H2/t17-/m1/s1. The Bertz CT molecular complexity index is 682. The van der Waals surface area contributed by atoms with E-state index < -0.39 is 0 Å². The van der Waals surface area contributed by atoms with Gasteiger partial charge < -0.3 is 4.90 Å². The number of amides is 1. The van der Waals surface area contributed by atoms with Crippen molar-refractivity contribution in [1.29, 1.82) is 0 Å². The summed E-state index contributed by atoms with van der Waals surface area (Å²) in [6.07, 6.45) is 4.07. The van der Waals surface area contributed by atoms with E-state index in [0.717, 1.165) is 31.7 Å². The van der Waals surface area contributed by atoms with E-state index in [1.807, 2.05) is 11.0 Å². The lowest BCUT2D eigenvalue weighted by molar-refractivity contribution is -0.118. The molecule has 0 N–H and O–H groups in total. The Hall–Kier alpha value is -1.65. The van der Waals surface area contributed by atoms with E-state index in [2.05, 4.69) is 39.9 Å². The van der Waals surface area contributed by atoms with Gasteiger partial charge >= 0.3 is 0 Å². The third-order valence-corrected chi connectivity index (χ3v) is 5.79. The number of rotatable bonds is 4. The van der Waals surface area contributed by atoms with Gasteiger partial charge in [0.15, 0.2) is 0 Å². The highest BCUT2D eigenvalue weighted by molar-refractivity contribution is 7.07. The Labute approximate surface area is 141 Å². The Kier molecular flexibility index (Phi) is 4.19. The quantitative estimate of drug-likeness (QED) is 0.851. The van der Waals surface area contributed by atoms with Crippen molar-refractivity contribution in [2.45, 2.75) is 31.7 Å². The molecule has 4 heteroatoms. The minimum absolute atomic E-state index is 0.269. The maximum atomic E-state index is 12.7. The van der Waals surface area contributed by atoms with Gasteiger partial charge in [0.2, 0.25) is 5.91 Å². The lowest BCUT2D eigenvalue weighted by Crippen LogP contribution is -2.33. The second-order valence-corrected chi connectivity index (χ2v) is 7.20. The summed E-state index contributed by atoms with van der Waals surface area (Å²) in [6.45, 7) is 2.83. The molecule has 1 saturated heterocycles. The molecule has 0 aliphatic carbocycles. The summed E-state index contributed by atoms with van der Waals surface area (Å²) in [4.78, 5) is 17.1. The maximum Gasteiger partial charge on any atom is 0.228 e. The summed E-state index contributed by atoms with van der Waals surface area (Å²) >= 11 is 1.76. The monoisotopic (exact) mass is 326 g/mol. The summed E-state index contributed by atoms with van der Waals surface area (Å²) in [5.41, 5.74) is 3.85. The minimum Gasteiger partial charge on any atom is -0.312 e. The summed E-state index contributed by atoms with van der Waals surface area (Å²) in [5.74, 6) is 0.269. The number of nitrogens with zero attached hydrogens (tertiary/aromatic N) is 2. The van der Waals surface area contributed by atoms with E-state index in [-0.39, 0.29) is 5.91 Å². The zero-order valence-corrected chi connectivity index (χ0v) is 14.1. The average Bonchev–Trinajstić information content (AvgIpc) is 3.30. The van der Waals surface area contributed by atoms with Crippen LogP contribution in [0.15, 0.2) is 41.1 Å². The Balaban J connectivity index is 1.39. The number of hydrogen-bond donors (Lipinski definition) is 0. The molecule has 1 aromatic carbocycles. The molecule has 0 spiro atoms. The van der Waals surface area contributed by atoms with Gasteiger partial charge in [-0.15, -0.1) is 0 Å². The average molecular weight is 326 g/mol. The van der Waals surface area contributed by atoms with E-state index in [1.165, 1.54) is 24.0 Å². The minimum atomic E-state index is 0.269. The van der Waals surface area contributed by atoms with Gasteiger partial charge in [-0.2, -0.15) is 11.3 Å². The number of hydrogen-bond acceptors (Lipinski definition) is 3. The predicted molar refractivity (Wildman–Crippen MR) is 95.0 cm³/mol. The SMILES string of the molecule is O=C(CCN1CCC[C@@H]1c1ccsc1)N1CCc2ccccc21. The largest absolute Gasteiger partial charge is 0.312 e. The summed E-state index contributed by atoms with van der Waals surface area (Å²) in [5, 5.41) is 4.40. The molecule has 2 aliphatic heterocycles. The Morgan fingerprint density at radius 2 is 2.13 bits per heavy atom. The predicted octanol–water partition coefficient (Wildman–Crippen LogP) is 3.86. The number of fused-ring (bicyclic) bond motifs is 1. The van der Waals surface area contributed by atoms with Crippen LogP contribution < -0.4 is 4.90 Å². The fourth-order valence-electron chi connectivity index (χ4n) is 3.91. The highest BCUT2D eigenvalue weighted by Gasteiger charge is 2.28. The third-order valence-electron chi connectivity index (χ3n) is 5.09. The van der Waals surface area contributed by atoms with Crippen molar-refractivity contribution in [3.05, 3.63) is 52.2 Å². The second-order valence-electron chi connectivity index (χ2n) is 6.42. The van der Waals surface area contributed by atoms with Gasteiger partial charge in [0, 0.05) is 31.2 Å². The lowest BCUT2D eigenvalue weighted by atomic mass is 10.1. The van der Waals surface area contributed by atoms with Crippen molar-refractivity contribution in [2.75, 3.05) is 24.5 Å². The van der Waals surface area contributed by atoms with Crippen molar-refractivity contribution in [2.24, 2.45) is 0 Å². The molecular formula is C19H22N2OS. The fourth-order valence-corrected chi connectivity index (χ4v) is 4.61. The zero-order valence-electron chi connectivity index (χ0n) is 13.3. The summed E-state index contributed by atoms with van der Waals surface area (Å²) < 4.78 is 0. The molecule has 0 unspecified atom stereocenters. The van der Waals surface area contributed by atoms with E-state index in [1.54, 1.807) is 11.3 Å². The lowest BCUT2D eigenvalue weighted by Gasteiger charge is -2.25. The fraction of sp³-hybridized carbons (Fsp3) is 0.421. The van der Waals surface area contributed by atoms with Crippen molar-refractivity contribution in [3.63, 3.8) is 0 Å². The second kappa shape index (κ2) is 6.46. The molecule has 1 aromatic heterocycles. The first kappa shape index (κ1) is 14.9. The van der Waals surface area contributed by atoms with Gasteiger partial charge in [-0.05, 0) is 59.8 Å². The third kappa shape index (κ3) is 2.93. The normalized spacial score (nSPS) is 20.9. The van der Waals surface area contributed by atoms with Gasteiger partial charge in [0.1, 0.15) is 0 Å². The Morgan fingerprint density at radius 3 is 3.00 bits per heavy atom.